The third-order valence-corrected chi connectivity index (χ3v) is 4.72. The van der Waals surface area contributed by atoms with Crippen molar-refractivity contribution < 1.29 is 0 Å². The number of nitrogens with one attached hydrogen (secondary N) is 1. The Morgan fingerprint density at radius 3 is 2.42 bits per heavy atom. The van der Waals surface area contributed by atoms with Crippen LogP contribution in [0.15, 0.2) is 0 Å². The molecular formula is C16H33N3. The van der Waals surface area contributed by atoms with Crippen molar-refractivity contribution in [1.29, 1.82) is 0 Å². The highest BCUT2D eigenvalue weighted by Gasteiger charge is 2.24. The average molecular weight is 267 g/mol. The molecule has 3 heteroatoms. The summed E-state index contributed by atoms with van der Waals surface area (Å²) in [7, 11) is 0. The lowest BCUT2D eigenvalue weighted by Crippen LogP contribution is -2.40. The predicted molar refractivity (Wildman–Crippen MR) is 82.6 cm³/mol. The van der Waals surface area contributed by atoms with Gasteiger partial charge in [0.2, 0.25) is 0 Å². The van der Waals surface area contributed by atoms with Gasteiger partial charge in [0.15, 0.2) is 0 Å². The van der Waals surface area contributed by atoms with Gasteiger partial charge in [-0.1, -0.05) is 13.3 Å². The number of likely N-dealkylation sites (tertiary alicyclic amines) is 2. The van der Waals surface area contributed by atoms with Gasteiger partial charge >= 0.3 is 0 Å². The minimum absolute atomic E-state index is 0.706. The molecule has 2 unspecified atom stereocenters. The van der Waals surface area contributed by atoms with Crippen LogP contribution >= 0.6 is 0 Å². The lowest BCUT2D eigenvalue weighted by atomic mass is 10.1. The molecule has 2 aliphatic heterocycles. The number of hydrogen-bond acceptors (Lipinski definition) is 3. The summed E-state index contributed by atoms with van der Waals surface area (Å²) in [6.45, 7) is 14.7. The molecule has 2 fully saturated rings. The van der Waals surface area contributed by atoms with Crippen LogP contribution < -0.4 is 5.32 Å². The van der Waals surface area contributed by atoms with Crippen molar-refractivity contribution in [2.45, 2.75) is 58.5 Å². The SMILES string of the molecule is CC(CNC1CCN(C(C)C)C1)CN1CCCCC1. The summed E-state index contributed by atoms with van der Waals surface area (Å²) in [5.74, 6) is 0.784. The summed E-state index contributed by atoms with van der Waals surface area (Å²) in [4.78, 5) is 5.25. The van der Waals surface area contributed by atoms with E-state index in [0.717, 1.165) is 12.0 Å². The molecule has 0 radical (unpaired) electrons. The first-order valence-corrected chi connectivity index (χ1v) is 8.35. The fourth-order valence-electron chi connectivity index (χ4n) is 3.44. The molecule has 0 aromatic carbocycles. The van der Waals surface area contributed by atoms with Gasteiger partial charge < -0.3 is 10.2 Å². The summed E-state index contributed by atoms with van der Waals surface area (Å²) in [6, 6.07) is 1.43. The van der Waals surface area contributed by atoms with Gasteiger partial charge in [0.25, 0.3) is 0 Å². The van der Waals surface area contributed by atoms with Crippen LogP contribution in [-0.4, -0.2) is 61.2 Å². The maximum absolute atomic E-state index is 3.79. The highest BCUT2D eigenvalue weighted by atomic mass is 15.2. The van der Waals surface area contributed by atoms with Gasteiger partial charge in [0, 0.05) is 25.2 Å². The highest BCUT2D eigenvalue weighted by molar-refractivity contribution is 4.83. The molecule has 0 saturated carbocycles. The van der Waals surface area contributed by atoms with Crippen molar-refractivity contribution in [3.05, 3.63) is 0 Å². The molecule has 3 nitrogen and oxygen atoms in total. The minimum Gasteiger partial charge on any atom is -0.312 e. The standard InChI is InChI=1S/C16H33N3/c1-14(2)19-10-7-16(13-19)17-11-15(3)12-18-8-5-4-6-9-18/h14-17H,4-13H2,1-3H3. The lowest BCUT2D eigenvalue weighted by molar-refractivity contribution is 0.196. The number of nitrogens with zero attached hydrogens (tertiary/aromatic N) is 2. The van der Waals surface area contributed by atoms with Crippen molar-refractivity contribution in [3.63, 3.8) is 0 Å². The van der Waals surface area contributed by atoms with Crippen LogP contribution in [0.3, 0.4) is 0 Å². The van der Waals surface area contributed by atoms with Crippen LogP contribution in [0.1, 0.15) is 46.5 Å². The first kappa shape index (κ1) is 15.3. The van der Waals surface area contributed by atoms with E-state index in [0.29, 0.717) is 6.04 Å². The fraction of sp³-hybridized carbons (Fsp3) is 1.00. The van der Waals surface area contributed by atoms with Crippen molar-refractivity contribution in [1.82, 2.24) is 15.1 Å². The van der Waals surface area contributed by atoms with E-state index in [-0.39, 0.29) is 0 Å². The largest absolute Gasteiger partial charge is 0.312 e. The van der Waals surface area contributed by atoms with E-state index < -0.39 is 0 Å². The van der Waals surface area contributed by atoms with Crippen molar-refractivity contribution >= 4 is 0 Å². The summed E-state index contributed by atoms with van der Waals surface area (Å²) < 4.78 is 0. The van der Waals surface area contributed by atoms with Gasteiger partial charge in [-0.15, -0.1) is 0 Å². The minimum atomic E-state index is 0.706. The third-order valence-electron chi connectivity index (χ3n) is 4.72. The van der Waals surface area contributed by atoms with E-state index in [1.54, 1.807) is 0 Å². The van der Waals surface area contributed by atoms with E-state index in [1.807, 2.05) is 0 Å². The lowest BCUT2D eigenvalue weighted by Gasteiger charge is -2.29. The second-order valence-corrected chi connectivity index (χ2v) is 6.95. The van der Waals surface area contributed by atoms with E-state index in [1.165, 1.54) is 65.0 Å². The Morgan fingerprint density at radius 1 is 1.05 bits per heavy atom. The van der Waals surface area contributed by atoms with Gasteiger partial charge in [0.1, 0.15) is 0 Å². The Balaban J connectivity index is 1.59. The Kier molecular flexibility index (Phi) is 6.11. The number of piperidine rings is 1. The molecule has 19 heavy (non-hydrogen) atoms. The maximum atomic E-state index is 3.79. The van der Waals surface area contributed by atoms with Crippen LogP contribution in [-0.2, 0) is 0 Å². The van der Waals surface area contributed by atoms with E-state index >= 15 is 0 Å². The zero-order valence-electron chi connectivity index (χ0n) is 13.2. The van der Waals surface area contributed by atoms with Crippen molar-refractivity contribution in [3.8, 4) is 0 Å². The van der Waals surface area contributed by atoms with Crippen LogP contribution in [0, 0.1) is 5.92 Å². The fourth-order valence-corrected chi connectivity index (χ4v) is 3.44. The molecular weight excluding hydrogens is 234 g/mol. The average Bonchev–Trinajstić information content (AvgIpc) is 2.86. The zero-order chi connectivity index (χ0) is 13.7. The first-order valence-electron chi connectivity index (χ1n) is 8.35. The van der Waals surface area contributed by atoms with E-state index in [9.17, 15) is 0 Å². The summed E-state index contributed by atoms with van der Waals surface area (Å²) in [5, 5.41) is 3.79. The molecule has 2 saturated heterocycles. The Morgan fingerprint density at radius 2 is 1.79 bits per heavy atom. The first-order chi connectivity index (χ1) is 9.15. The molecule has 0 bridgehead atoms. The van der Waals surface area contributed by atoms with Gasteiger partial charge in [-0.25, -0.2) is 0 Å². The molecule has 2 aliphatic rings. The monoisotopic (exact) mass is 267 g/mol. The van der Waals surface area contributed by atoms with Crippen molar-refractivity contribution in [2.75, 3.05) is 39.3 Å². The summed E-state index contributed by atoms with van der Waals surface area (Å²) >= 11 is 0. The number of hydrogen-bond donors (Lipinski definition) is 1. The molecule has 0 spiro atoms. The van der Waals surface area contributed by atoms with Crippen molar-refractivity contribution in [2.24, 2.45) is 5.92 Å². The molecule has 0 amide bonds. The topological polar surface area (TPSA) is 18.5 Å². The van der Waals surface area contributed by atoms with Gasteiger partial charge in [-0.2, -0.15) is 0 Å². The molecule has 2 heterocycles. The smallest absolute Gasteiger partial charge is 0.0207 e. The normalized spacial score (nSPS) is 28.1. The Labute approximate surface area is 119 Å². The van der Waals surface area contributed by atoms with E-state index in [2.05, 4.69) is 35.9 Å². The molecule has 2 atom stereocenters. The van der Waals surface area contributed by atoms with E-state index in [4.69, 9.17) is 0 Å². The van der Waals surface area contributed by atoms with Gasteiger partial charge in [-0.05, 0) is 65.2 Å². The maximum Gasteiger partial charge on any atom is 0.0207 e. The van der Waals surface area contributed by atoms with Gasteiger partial charge in [0.05, 0.1) is 0 Å². The molecule has 1 N–H and O–H groups in total. The third kappa shape index (κ3) is 5.05. The molecule has 0 aromatic heterocycles. The molecule has 0 aromatic rings. The second-order valence-electron chi connectivity index (χ2n) is 6.95. The number of rotatable bonds is 6. The van der Waals surface area contributed by atoms with Crippen LogP contribution in [0.5, 0.6) is 0 Å². The zero-order valence-corrected chi connectivity index (χ0v) is 13.2. The van der Waals surface area contributed by atoms with Gasteiger partial charge in [-0.3, -0.25) is 4.90 Å². The molecule has 0 aliphatic carbocycles. The summed E-state index contributed by atoms with van der Waals surface area (Å²) in [6.07, 6.45) is 5.59. The molecule has 112 valence electrons. The molecule has 2 rings (SSSR count). The summed E-state index contributed by atoms with van der Waals surface area (Å²) in [5.41, 5.74) is 0. The van der Waals surface area contributed by atoms with Crippen LogP contribution in [0.4, 0.5) is 0 Å². The quantitative estimate of drug-likeness (QED) is 0.796. The second kappa shape index (κ2) is 7.61. The Hall–Kier alpha value is -0.120. The predicted octanol–water partition coefficient (Wildman–Crippen LogP) is 2.18. The Bertz CT molecular complexity index is 248. The van der Waals surface area contributed by atoms with Crippen LogP contribution in [0.25, 0.3) is 0 Å². The van der Waals surface area contributed by atoms with Crippen LogP contribution in [0.2, 0.25) is 0 Å². The highest BCUT2D eigenvalue weighted by Crippen LogP contribution is 2.14.